The minimum atomic E-state index is -1.25. The van der Waals surface area contributed by atoms with Gasteiger partial charge in [-0.15, -0.1) is 4.91 Å². The number of piperidine rings is 1. The fourth-order valence-corrected chi connectivity index (χ4v) is 5.56. The van der Waals surface area contributed by atoms with Gasteiger partial charge in [-0.05, 0) is 54.1 Å². The monoisotopic (exact) mass is 506 g/mol. The Morgan fingerprint density at radius 3 is 2.54 bits per heavy atom. The molecular formula is C30H38N2O5. The Morgan fingerprint density at radius 2 is 1.89 bits per heavy atom. The van der Waals surface area contributed by atoms with E-state index in [0.29, 0.717) is 36.3 Å². The zero-order valence-corrected chi connectivity index (χ0v) is 22.1. The van der Waals surface area contributed by atoms with E-state index in [9.17, 15) is 10.0 Å². The quantitative estimate of drug-likeness (QED) is 0.383. The van der Waals surface area contributed by atoms with Crippen molar-refractivity contribution >= 4 is 0 Å². The molecule has 2 aromatic carbocycles. The molecule has 7 nitrogen and oxygen atoms in total. The van der Waals surface area contributed by atoms with Crippen molar-refractivity contribution in [2.45, 2.75) is 70.4 Å². The van der Waals surface area contributed by atoms with Crippen LogP contribution in [0.1, 0.15) is 60.8 Å². The predicted octanol–water partition coefficient (Wildman–Crippen LogP) is 5.88. The molecule has 2 aliphatic rings. The van der Waals surface area contributed by atoms with Gasteiger partial charge in [-0.2, -0.15) is 0 Å². The summed E-state index contributed by atoms with van der Waals surface area (Å²) < 4.78 is 17.8. The van der Waals surface area contributed by atoms with E-state index < -0.39 is 6.23 Å². The Bertz CT molecular complexity index is 1100. The first-order chi connectivity index (χ1) is 18.1. The van der Waals surface area contributed by atoms with Crippen LogP contribution < -0.4 is 14.2 Å². The zero-order valence-electron chi connectivity index (χ0n) is 22.1. The van der Waals surface area contributed by atoms with Gasteiger partial charge in [0, 0.05) is 24.6 Å². The molecule has 1 aliphatic carbocycles. The van der Waals surface area contributed by atoms with Crippen molar-refractivity contribution in [3.8, 4) is 17.2 Å². The van der Waals surface area contributed by atoms with Crippen molar-refractivity contribution < 1.29 is 19.3 Å². The number of methoxy groups -OCH3 is 2. The van der Waals surface area contributed by atoms with E-state index in [1.165, 1.54) is 16.7 Å². The number of likely N-dealkylation sites (tertiary alicyclic amines) is 1. The number of hydrogen-bond donors (Lipinski definition) is 1. The van der Waals surface area contributed by atoms with E-state index in [4.69, 9.17) is 14.2 Å². The largest absolute Gasteiger partial charge is 0.496 e. The molecule has 1 fully saturated rings. The van der Waals surface area contributed by atoms with Gasteiger partial charge in [0.2, 0.25) is 6.23 Å². The van der Waals surface area contributed by atoms with Gasteiger partial charge in [-0.1, -0.05) is 55.8 Å². The second-order valence-electron chi connectivity index (χ2n) is 9.64. The van der Waals surface area contributed by atoms with Gasteiger partial charge in [-0.25, -0.2) is 0 Å². The first-order valence-corrected chi connectivity index (χ1v) is 13.2. The number of nitroso groups, excluding NO2 is 1. The van der Waals surface area contributed by atoms with Gasteiger partial charge >= 0.3 is 0 Å². The summed E-state index contributed by atoms with van der Waals surface area (Å²) in [6, 6.07) is 9.93. The maximum Gasteiger partial charge on any atom is 0.202 e. The van der Waals surface area contributed by atoms with E-state index >= 15 is 0 Å². The highest BCUT2D eigenvalue weighted by atomic mass is 16.5. The van der Waals surface area contributed by atoms with Gasteiger partial charge in [0.1, 0.15) is 23.9 Å². The third-order valence-electron chi connectivity index (χ3n) is 7.50. The summed E-state index contributed by atoms with van der Waals surface area (Å²) in [5, 5.41) is 13.0. The van der Waals surface area contributed by atoms with Crippen LogP contribution in [0.2, 0.25) is 0 Å². The van der Waals surface area contributed by atoms with E-state index in [-0.39, 0.29) is 6.04 Å². The number of nitrogens with zero attached hydrogens (tertiary/aromatic N) is 2. The van der Waals surface area contributed by atoms with Crippen molar-refractivity contribution in [1.29, 1.82) is 0 Å². The molecule has 0 bridgehead atoms. The first kappa shape index (κ1) is 26.9. The number of allylic oxidation sites excluding steroid dienone is 4. The second kappa shape index (κ2) is 12.9. The molecule has 1 N–H and O–H groups in total. The van der Waals surface area contributed by atoms with E-state index in [1.54, 1.807) is 14.2 Å². The van der Waals surface area contributed by atoms with Gasteiger partial charge in [0.25, 0.3) is 0 Å². The van der Waals surface area contributed by atoms with E-state index in [0.717, 1.165) is 44.2 Å². The highest BCUT2D eigenvalue weighted by Gasteiger charge is 2.31. The van der Waals surface area contributed by atoms with Crippen LogP contribution in [0, 0.1) is 4.91 Å². The molecule has 2 unspecified atom stereocenters. The van der Waals surface area contributed by atoms with Gasteiger partial charge in [0.15, 0.2) is 0 Å². The molecule has 198 valence electrons. The van der Waals surface area contributed by atoms with Gasteiger partial charge in [-0.3, -0.25) is 4.90 Å². The summed E-state index contributed by atoms with van der Waals surface area (Å²) in [7, 11) is 3.25. The maximum absolute atomic E-state index is 11.0. The normalized spacial score (nSPS) is 20.4. The zero-order chi connectivity index (χ0) is 26.2. The molecule has 0 aromatic heterocycles. The van der Waals surface area contributed by atoms with Crippen molar-refractivity contribution in [2.24, 2.45) is 5.18 Å². The lowest BCUT2D eigenvalue weighted by Crippen LogP contribution is -2.45. The summed E-state index contributed by atoms with van der Waals surface area (Å²) >= 11 is 0. The average Bonchev–Trinajstić information content (AvgIpc) is 2.96. The Hall–Kier alpha value is -3.16. The lowest BCUT2D eigenvalue weighted by molar-refractivity contribution is 0.0247. The average molecular weight is 507 g/mol. The van der Waals surface area contributed by atoms with Crippen LogP contribution in [-0.4, -0.2) is 43.0 Å². The molecule has 0 amide bonds. The smallest absolute Gasteiger partial charge is 0.202 e. The van der Waals surface area contributed by atoms with Crippen LogP contribution >= 0.6 is 0 Å². The second-order valence-corrected chi connectivity index (χ2v) is 9.64. The van der Waals surface area contributed by atoms with Gasteiger partial charge in [0.05, 0.1) is 25.8 Å². The molecule has 4 rings (SSSR count). The van der Waals surface area contributed by atoms with Gasteiger partial charge < -0.3 is 19.3 Å². The summed E-state index contributed by atoms with van der Waals surface area (Å²) in [5.41, 5.74) is 4.73. The molecule has 2 aromatic rings. The minimum Gasteiger partial charge on any atom is -0.496 e. The molecule has 0 radical (unpaired) electrons. The SMILES string of the molecule is CCc1c(COc2cc(OC)c(CN3CCCCC3[C@@H](O)N=O)c(OC)c2)cccc1C1C=CC=CC1. The Morgan fingerprint density at radius 1 is 1.11 bits per heavy atom. The molecule has 7 heteroatoms. The van der Waals surface area contributed by atoms with E-state index in [1.807, 2.05) is 12.1 Å². The Kier molecular flexibility index (Phi) is 9.36. The van der Waals surface area contributed by atoms with Crippen LogP contribution in [0.25, 0.3) is 0 Å². The predicted molar refractivity (Wildman–Crippen MR) is 145 cm³/mol. The van der Waals surface area contributed by atoms with Crippen LogP contribution in [0.15, 0.2) is 59.8 Å². The van der Waals surface area contributed by atoms with Crippen LogP contribution in [0.4, 0.5) is 0 Å². The lowest BCUT2D eigenvalue weighted by atomic mass is 9.86. The lowest BCUT2D eigenvalue weighted by Gasteiger charge is -2.36. The van der Waals surface area contributed by atoms with Crippen molar-refractivity contribution in [3.63, 3.8) is 0 Å². The molecule has 1 saturated heterocycles. The number of aliphatic hydroxyl groups excluding tert-OH is 1. The summed E-state index contributed by atoms with van der Waals surface area (Å²) in [6.45, 7) is 3.88. The van der Waals surface area contributed by atoms with Crippen molar-refractivity contribution in [1.82, 2.24) is 4.90 Å². The fraction of sp³-hybridized carbons (Fsp3) is 0.467. The highest BCUT2D eigenvalue weighted by molar-refractivity contribution is 5.51. The van der Waals surface area contributed by atoms with Crippen LogP contribution in [-0.2, 0) is 19.6 Å². The molecule has 1 heterocycles. The minimum absolute atomic E-state index is 0.314. The first-order valence-electron chi connectivity index (χ1n) is 13.2. The van der Waals surface area contributed by atoms with Crippen molar-refractivity contribution in [2.75, 3.05) is 20.8 Å². The molecule has 0 saturated carbocycles. The molecule has 37 heavy (non-hydrogen) atoms. The molecule has 0 spiro atoms. The standard InChI is InChI=1S/C30H38N2O5/c1-4-24-22(13-10-14-25(24)21-11-6-5-7-12-21)20-37-23-17-28(35-2)26(29(18-23)36-3)19-32-16-9-8-15-27(32)30(33)31-34/h5-7,10-11,13-14,17-18,21,27,30,33H,4,8-9,12,15-16,19-20H2,1-3H3/t21?,27?,30-/m1/s1. The summed E-state index contributed by atoms with van der Waals surface area (Å²) in [5.74, 6) is 2.35. The number of benzene rings is 2. The maximum atomic E-state index is 11.0. The summed E-state index contributed by atoms with van der Waals surface area (Å²) in [6.07, 6.45) is 12.1. The number of rotatable bonds is 11. The van der Waals surface area contributed by atoms with E-state index in [2.05, 4.69) is 59.5 Å². The highest BCUT2D eigenvalue weighted by Crippen LogP contribution is 2.37. The number of hydrogen-bond acceptors (Lipinski definition) is 7. The Labute approximate surface area is 219 Å². The third kappa shape index (κ3) is 6.22. The molecule has 1 aliphatic heterocycles. The summed E-state index contributed by atoms with van der Waals surface area (Å²) in [4.78, 5) is 13.1. The third-order valence-corrected chi connectivity index (χ3v) is 7.50. The molecular weight excluding hydrogens is 468 g/mol. The molecule has 3 atom stereocenters. The number of ether oxygens (including phenoxy) is 3. The van der Waals surface area contributed by atoms with Crippen LogP contribution in [0.5, 0.6) is 17.2 Å². The fourth-order valence-electron chi connectivity index (χ4n) is 5.56. The number of aliphatic hydroxyl groups is 1. The topological polar surface area (TPSA) is 80.6 Å². The van der Waals surface area contributed by atoms with Crippen molar-refractivity contribution in [3.05, 3.63) is 81.8 Å². The van der Waals surface area contributed by atoms with Crippen LogP contribution in [0.3, 0.4) is 0 Å². The Balaban J connectivity index is 1.55.